The van der Waals surface area contributed by atoms with Gasteiger partial charge in [0.1, 0.15) is 0 Å². The quantitative estimate of drug-likeness (QED) is 0.797. The molecular weight excluding hydrogens is 352 g/mol. The number of nitrogens with one attached hydrogen (secondary N) is 1. The highest BCUT2D eigenvalue weighted by molar-refractivity contribution is 5.95. The van der Waals surface area contributed by atoms with Crippen LogP contribution in [0.3, 0.4) is 0 Å². The Labute approximate surface area is 167 Å². The number of amides is 1. The Balaban J connectivity index is 1.64. The summed E-state index contributed by atoms with van der Waals surface area (Å²) in [6.07, 6.45) is 2.44. The lowest BCUT2D eigenvalue weighted by Gasteiger charge is -2.33. The fourth-order valence-electron chi connectivity index (χ4n) is 3.70. The second-order valence-corrected chi connectivity index (χ2v) is 7.96. The van der Waals surface area contributed by atoms with Gasteiger partial charge < -0.3 is 10.1 Å². The molecule has 1 aliphatic heterocycles. The van der Waals surface area contributed by atoms with Crippen molar-refractivity contribution in [2.24, 2.45) is 5.92 Å². The van der Waals surface area contributed by atoms with Crippen molar-refractivity contribution in [3.05, 3.63) is 47.3 Å². The molecule has 1 N–H and O–H groups in total. The number of ether oxygens (including phenoxy) is 1. The van der Waals surface area contributed by atoms with Crippen molar-refractivity contribution in [1.82, 2.24) is 20.0 Å². The van der Waals surface area contributed by atoms with Crippen LogP contribution in [0.5, 0.6) is 0 Å². The van der Waals surface area contributed by atoms with Gasteiger partial charge in [0.2, 0.25) is 0 Å². The van der Waals surface area contributed by atoms with Crippen molar-refractivity contribution in [2.75, 3.05) is 32.8 Å². The van der Waals surface area contributed by atoms with Gasteiger partial charge in [-0.3, -0.25) is 9.69 Å². The number of aryl methyl sites for hydroxylation is 1. The molecular formula is C22H32N4O2. The molecule has 3 rings (SSSR count). The van der Waals surface area contributed by atoms with Gasteiger partial charge in [-0.25, -0.2) is 4.68 Å². The molecule has 1 fully saturated rings. The Morgan fingerprint density at radius 3 is 2.75 bits per heavy atom. The molecule has 1 saturated heterocycles. The lowest BCUT2D eigenvalue weighted by atomic mass is 10.1. The van der Waals surface area contributed by atoms with Crippen molar-refractivity contribution in [2.45, 2.75) is 40.2 Å². The monoisotopic (exact) mass is 384 g/mol. The third-order valence-electron chi connectivity index (χ3n) is 5.06. The number of hydrogen-bond acceptors (Lipinski definition) is 4. The Morgan fingerprint density at radius 2 is 2.07 bits per heavy atom. The fraction of sp³-hybridized carbons (Fsp3) is 0.545. The van der Waals surface area contributed by atoms with Crippen molar-refractivity contribution >= 4 is 5.91 Å². The van der Waals surface area contributed by atoms with Crippen LogP contribution in [0.1, 0.15) is 42.4 Å². The summed E-state index contributed by atoms with van der Waals surface area (Å²) in [5.74, 6) is 0.549. The van der Waals surface area contributed by atoms with Gasteiger partial charge in [0.25, 0.3) is 5.91 Å². The number of carbonyl (C=O) groups excluding carboxylic acids is 1. The van der Waals surface area contributed by atoms with Gasteiger partial charge in [-0.15, -0.1) is 0 Å². The predicted molar refractivity (Wildman–Crippen MR) is 111 cm³/mol. The molecule has 1 atom stereocenters. The van der Waals surface area contributed by atoms with E-state index < -0.39 is 0 Å². The van der Waals surface area contributed by atoms with Crippen LogP contribution in [0, 0.1) is 12.8 Å². The standard InChI is InChI=1S/C22H32N4O2/c1-5-21-20(13-24-26(21)18-8-6-17(4)7-9-18)22(27)23-12-19-15-25(10-11-28-19)14-16(2)3/h6-9,13,16,19H,5,10-12,14-15H2,1-4H3,(H,23,27). The predicted octanol–water partition coefficient (Wildman–Crippen LogP) is 2.83. The van der Waals surface area contributed by atoms with E-state index in [0.717, 1.165) is 44.0 Å². The van der Waals surface area contributed by atoms with Crippen LogP contribution in [0.15, 0.2) is 30.5 Å². The molecule has 2 aromatic rings. The van der Waals surface area contributed by atoms with Crippen molar-refractivity contribution in [3.8, 4) is 5.69 Å². The molecule has 1 aromatic carbocycles. The molecule has 1 aliphatic rings. The van der Waals surface area contributed by atoms with E-state index in [2.05, 4.69) is 48.2 Å². The van der Waals surface area contributed by atoms with E-state index in [9.17, 15) is 4.79 Å². The molecule has 1 aromatic heterocycles. The normalized spacial score (nSPS) is 17.8. The molecule has 152 valence electrons. The van der Waals surface area contributed by atoms with Crippen LogP contribution in [-0.2, 0) is 11.2 Å². The van der Waals surface area contributed by atoms with Crippen LogP contribution < -0.4 is 5.32 Å². The SMILES string of the molecule is CCc1c(C(=O)NCC2CN(CC(C)C)CCO2)cnn1-c1ccc(C)cc1. The van der Waals surface area contributed by atoms with Gasteiger partial charge in [-0.1, -0.05) is 38.5 Å². The van der Waals surface area contributed by atoms with Crippen molar-refractivity contribution in [3.63, 3.8) is 0 Å². The van der Waals surface area contributed by atoms with Gasteiger partial charge in [0.15, 0.2) is 0 Å². The third-order valence-corrected chi connectivity index (χ3v) is 5.06. The molecule has 0 saturated carbocycles. The van der Waals surface area contributed by atoms with Gasteiger partial charge >= 0.3 is 0 Å². The molecule has 0 radical (unpaired) electrons. The first kappa shape index (κ1) is 20.6. The van der Waals surface area contributed by atoms with Gasteiger partial charge in [-0.2, -0.15) is 5.10 Å². The minimum Gasteiger partial charge on any atom is -0.374 e. The zero-order chi connectivity index (χ0) is 20.1. The van der Waals surface area contributed by atoms with E-state index in [1.54, 1.807) is 6.20 Å². The van der Waals surface area contributed by atoms with E-state index in [1.165, 1.54) is 5.56 Å². The molecule has 6 nitrogen and oxygen atoms in total. The molecule has 2 heterocycles. The first-order valence-electron chi connectivity index (χ1n) is 10.2. The van der Waals surface area contributed by atoms with Gasteiger partial charge in [-0.05, 0) is 31.4 Å². The first-order valence-corrected chi connectivity index (χ1v) is 10.2. The van der Waals surface area contributed by atoms with Gasteiger partial charge in [0, 0.05) is 26.2 Å². The van der Waals surface area contributed by atoms with E-state index in [-0.39, 0.29) is 12.0 Å². The number of rotatable bonds is 7. The zero-order valence-corrected chi connectivity index (χ0v) is 17.4. The highest BCUT2D eigenvalue weighted by atomic mass is 16.5. The molecule has 0 bridgehead atoms. The smallest absolute Gasteiger partial charge is 0.254 e. The summed E-state index contributed by atoms with van der Waals surface area (Å²) in [5, 5.41) is 7.51. The van der Waals surface area contributed by atoms with Crippen molar-refractivity contribution in [1.29, 1.82) is 0 Å². The molecule has 0 spiro atoms. The summed E-state index contributed by atoms with van der Waals surface area (Å²) >= 11 is 0. The molecule has 28 heavy (non-hydrogen) atoms. The summed E-state index contributed by atoms with van der Waals surface area (Å²) in [5.41, 5.74) is 3.73. The van der Waals surface area contributed by atoms with Crippen LogP contribution in [-0.4, -0.2) is 59.5 Å². The number of carbonyl (C=O) groups is 1. The second kappa shape index (κ2) is 9.34. The van der Waals surface area contributed by atoms with Gasteiger partial charge in [0.05, 0.1) is 35.9 Å². The van der Waals surface area contributed by atoms with E-state index in [1.807, 2.05) is 23.7 Å². The van der Waals surface area contributed by atoms with E-state index in [0.29, 0.717) is 18.0 Å². The Bertz CT molecular complexity index is 782. The highest BCUT2D eigenvalue weighted by Crippen LogP contribution is 2.17. The maximum atomic E-state index is 12.8. The summed E-state index contributed by atoms with van der Waals surface area (Å²) in [6, 6.07) is 8.17. The minimum absolute atomic E-state index is 0.0358. The molecule has 1 amide bonds. The number of aromatic nitrogens is 2. The summed E-state index contributed by atoms with van der Waals surface area (Å²) in [4.78, 5) is 15.2. The largest absolute Gasteiger partial charge is 0.374 e. The minimum atomic E-state index is -0.0835. The molecule has 1 unspecified atom stereocenters. The summed E-state index contributed by atoms with van der Waals surface area (Å²) in [6.45, 7) is 12.7. The summed E-state index contributed by atoms with van der Waals surface area (Å²) in [7, 11) is 0. The maximum absolute atomic E-state index is 12.8. The van der Waals surface area contributed by atoms with Crippen LogP contribution >= 0.6 is 0 Å². The van der Waals surface area contributed by atoms with Crippen LogP contribution in [0.4, 0.5) is 0 Å². The molecule has 0 aliphatic carbocycles. The van der Waals surface area contributed by atoms with Crippen LogP contribution in [0.2, 0.25) is 0 Å². The first-order chi connectivity index (χ1) is 13.5. The maximum Gasteiger partial charge on any atom is 0.254 e. The number of hydrogen-bond donors (Lipinski definition) is 1. The third kappa shape index (κ3) is 5.00. The Kier molecular flexibility index (Phi) is 6.86. The summed E-state index contributed by atoms with van der Waals surface area (Å²) < 4.78 is 7.70. The van der Waals surface area contributed by atoms with Crippen molar-refractivity contribution < 1.29 is 9.53 Å². The van der Waals surface area contributed by atoms with E-state index in [4.69, 9.17) is 4.74 Å². The average Bonchev–Trinajstić information content (AvgIpc) is 3.10. The number of benzene rings is 1. The Hall–Kier alpha value is -2.18. The van der Waals surface area contributed by atoms with Crippen LogP contribution in [0.25, 0.3) is 5.69 Å². The van der Waals surface area contributed by atoms with E-state index >= 15 is 0 Å². The lowest BCUT2D eigenvalue weighted by molar-refractivity contribution is -0.0295. The highest BCUT2D eigenvalue weighted by Gasteiger charge is 2.23. The second-order valence-electron chi connectivity index (χ2n) is 7.96. The topological polar surface area (TPSA) is 59.4 Å². The molecule has 6 heteroatoms. The zero-order valence-electron chi connectivity index (χ0n) is 17.4. The average molecular weight is 385 g/mol. The fourth-order valence-corrected chi connectivity index (χ4v) is 3.70. The number of nitrogens with zero attached hydrogens (tertiary/aromatic N) is 3. The number of morpholine rings is 1. The lowest BCUT2D eigenvalue weighted by Crippen LogP contribution is -2.48. The Morgan fingerprint density at radius 1 is 1.32 bits per heavy atom.